The SMILES string of the molecule is CNC1CC(C)(C)Cc2c1cnn2C1CCS(=O)(=O)C1. The molecule has 1 aromatic heterocycles. The zero-order valence-electron chi connectivity index (χ0n) is 12.4. The van der Waals surface area contributed by atoms with Gasteiger partial charge in [0.15, 0.2) is 9.84 Å². The third-order valence-electron chi connectivity index (χ3n) is 4.61. The Labute approximate surface area is 120 Å². The average Bonchev–Trinajstić information content (AvgIpc) is 2.90. The Balaban J connectivity index is 1.98. The smallest absolute Gasteiger partial charge is 0.152 e. The molecule has 3 rings (SSSR count). The van der Waals surface area contributed by atoms with Crippen LogP contribution in [0.25, 0.3) is 0 Å². The first-order valence-electron chi connectivity index (χ1n) is 7.25. The summed E-state index contributed by atoms with van der Waals surface area (Å²) in [6.45, 7) is 4.53. The Morgan fingerprint density at radius 3 is 2.80 bits per heavy atom. The maximum Gasteiger partial charge on any atom is 0.152 e. The van der Waals surface area contributed by atoms with Crippen molar-refractivity contribution in [2.45, 2.75) is 45.2 Å². The van der Waals surface area contributed by atoms with Gasteiger partial charge in [-0.1, -0.05) is 13.8 Å². The summed E-state index contributed by atoms with van der Waals surface area (Å²) in [4.78, 5) is 0. The van der Waals surface area contributed by atoms with E-state index in [0.29, 0.717) is 18.2 Å². The number of nitrogens with zero attached hydrogens (tertiary/aromatic N) is 2. The maximum atomic E-state index is 11.7. The number of nitrogens with one attached hydrogen (secondary N) is 1. The first-order valence-corrected chi connectivity index (χ1v) is 9.07. The molecule has 2 heterocycles. The molecule has 0 amide bonds. The highest BCUT2D eigenvalue weighted by Crippen LogP contribution is 2.41. The van der Waals surface area contributed by atoms with Crippen LogP contribution in [0.1, 0.15) is 50.0 Å². The van der Waals surface area contributed by atoms with Crippen molar-refractivity contribution in [1.82, 2.24) is 15.1 Å². The third kappa shape index (κ3) is 2.39. The predicted octanol–water partition coefficient (Wildman–Crippen LogP) is 1.48. The highest BCUT2D eigenvalue weighted by Gasteiger charge is 2.37. The lowest BCUT2D eigenvalue weighted by atomic mass is 9.74. The third-order valence-corrected chi connectivity index (χ3v) is 6.36. The summed E-state index contributed by atoms with van der Waals surface area (Å²) in [5, 5.41) is 7.89. The lowest BCUT2D eigenvalue weighted by molar-refractivity contribution is 0.254. The zero-order valence-corrected chi connectivity index (χ0v) is 13.2. The van der Waals surface area contributed by atoms with Crippen LogP contribution in [0.5, 0.6) is 0 Å². The minimum atomic E-state index is -2.87. The summed E-state index contributed by atoms with van der Waals surface area (Å²) in [6.07, 6.45) is 4.68. The summed E-state index contributed by atoms with van der Waals surface area (Å²) < 4.78 is 25.4. The summed E-state index contributed by atoms with van der Waals surface area (Å²) in [5.41, 5.74) is 2.69. The highest BCUT2D eigenvalue weighted by molar-refractivity contribution is 7.91. The Bertz CT molecular complexity index is 618. The molecule has 20 heavy (non-hydrogen) atoms. The molecule has 1 fully saturated rings. The Hall–Kier alpha value is -0.880. The fourth-order valence-corrected chi connectivity index (χ4v) is 5.30. The topological polar surface area (TPSA) is 64.0 Å². The van der Waals surface area contributed by atoms with E-state index < -0.39 is 9.84 Å². The monoisotopic (exact) mass is 297 g/mol. The molecule has 2 unspecified atom stereocenters. The molecule has 1 aliphatic heterocycles. The number of aromatic nitrogens is 2. The molecule has 0 radical (unpaired) electrons. The van der Waals surface area contributed by atoms with E-state index in [-0.39, 0.29) is 17.2 Å². The summed E-state index contributed by atoms with van der Waals surface area (Å²) in [6, 6.07) is 0.343. The van der Waals surface area contributed by atoms with E-state index >= 15 is 0 Å². The molecule has 1 aliphatic carbocycles. The number of hydrogen-bond donors (Lipinski definition) is 1. The minimum absolute atomic E-state index is 0.0233. The van der Waals surface area contributed by atoms with E-state index in [1.54, 1.807) is 0 Å². The summed E-state index contributed by atoms with van der Waals surface area (Å²) in [5.74, 6) is 0.539. The molecule has 5 nitrogen and oxygen atoms in total. The van der Waals surface area contributed by atoms with Crippen molar-refractivity contribution in [3.63, 3.8) is 0 Å². The van der Waals surface area contributed by atoms with Crippen LogP contribution in [-0.2, 0) is 16.3 Å². The van der Waals surface area contributed by atoms with Crippen molar-refractivity contribution in [3.8, 4) is 0 Å². The van der Waals surface area contributed by atoms with Crippen LogP contribution in [0.2, 0.25) is 0 Å². The van der Waals surface area contributed by atoms with Gasteiger partial charge >= 0.3 is 0 Å². The van der Waals surface area contributed by atoms with Crippen molar-refractivity contribution in [2.75, 3.05) is 18.6 Å². The number of sulfone groups is 1. The van der Waals surface area contributed by atoms with Crippen molar-refractivity contribution < 1.29 is 8.42 Å². The molecule has 6 heteroatoms. The molecule has 0 spiro atoms. The molecule has 1 N–H and O–H groups in total. The molecule has 0 saturated carbocycles. The largest absolute Gasteiger partial charge is 0.313 e. The average molecular weight is 297 g/mol. The molecule has 2 aliphatic rings. The van der Waals surface area contributed by atoms with Crippen molar-refractivity contribution in [2.24, 2.45) is 5.41 Å². The van der Waals surface area contributed by atoms with Gasteiger partial charge in [0.05, 0.1) is 23.7 Å². The van der Waals surface area contributed by atoms with Gasteiger partial charge in [-0.25, -0.2) is 8.42 Å². The Kier molecular flexibility index (Phi) is 3.21. The molecule has 0 aromatic carbocycles. The van der Waals surface area contributed by atoms with Gasteiger partial charge in [0.2, 0.25) is 0 Å². The van der Waals surface area contributed by atoms with E-state index in [0.717, 1.165) is 12.8 Å². The van der Waals surface area contributed by atoms with Crippen molar-refractivity contribution >= 4 is 9.84 Å². The van der Waals surface area contributed by atoms with Gasteiger partial charge in [-0.2, -0.15) is 5.10 Å². The maximum absolute atomic E-state index is 11.7. The molecule has 1 aromatic rings. The van der Waals surface area contributed by atoms with Gasteiger partial charge in [-0.05, 0) is 31.7 Å². The predicted molar refractivity (Wildman–Crippen MR) is 78.4 cm³/mol. The van der Waals surface area contributed by atoms with E-state index in [1.165, 1.54) is 11.3 Å². The van der Waals surface area contributed by atoms with E-state index in [2.05, 4.69) is 24.3 Å². The second-order valence-corrected chi connectivity index (χ2v) is 9.16. The van der Waals surface area contributed by atoms with Crippen LogP contribution >= 0.6 is 0 Å². The van der Waals surface area contributed by atoms with Crippen LogP contribution in [0, 0.1) is 5.41 Å². The highest BCUT2D eigenvalue weighted by atomic mass is 32.2. The number of rotatable bonds is 2. The van der Waals surface area contributed by atoms with Crippen LogP contribution in [0.15, 0.2) is 6.20 Å². The number of hydrogen-bond acceptors (Lipinski definition) is 4. The van der Waals surface area contributed by atoms with Crippen molar-refractivity contribution in [1.29, 1.82) is 0 Å². The van der Waals surface area contributed by atoms with Gasteiger partial charge in [0, 0.05) is 17.3 Å². The van der Waals surface area contributed by atoms with Crippen molar-refractivity contribution in [3.05, 3.63) is 17.5 Å². The van der Waals surface area contributed by atoms with E-state index in [1.807, 2.05) is 17.9 Å². The van der Waals surface area contributed by atoms with Crippen LogP contribution in [0.3, 0.4) is 0 Å². The van der Waals surface area contributed by atoms with Crippen LogP contribution < -0.4 is 5.32 Å². The fraction of sp³-hybridized carbons (Fsp3) is 0.786. The summed E-state index contributed by atoms with van der Waals surface area (Å²) in [7, 11) is -0.893. The van der Waals surface area contributed by atoms with Gasteiger partial charge < -0.3 is 5.32 Å². The minimum Gasteiger partial charge on any atom is -0.313 e. The molecule has 0 bridgehead atoms. The van der Waals surface area contributed by atoms with Gasteiger partial charge in [0.25, 0.3) is 0 Å². The van der Waals surface area contributed by atoms with E-state index in [4.69, 9.17) is 0 Å². The lowest BCUT2D eigenvalue weighted by Crippen LogP contribution is -2.33. The molecule has 112 valence electrons. The Morgan fingerprint density at radius 1 is 1.45 bits per heavy atom. The second kappa shape index (κ2) is 4.56. The lowest BCUT2D eigenvalue weighted by Gasteiger charge is -2.36. The van der Waals surface area contributed by atoms with Gasteiger partial charge in [-0.15, -0.1) is 0 Å². The van der Waals surface area contributed by atoms with Crippen LogP contribution in [0.4, 0.5) is 0 Å². The normalized spacial score (nSPS) is 31.1. The fourth-order valence-electron chi connectivity index (χ4n) is 3.60. The first-order chi connectivity index (χ1) is 9.31. The first kappa shape index (κ1) is 14.1. The molecule has 2 atom stereocenters. The van der Waals surface area contributed by atoms with E-state index in [9.17, 15) is 8.42 Å². The molecular formula is C14H23N3O2S. The zero-order chi connectivity index (χ0) is 14.5. The quantitative estimate of drug-likeness (QED) is 0.898. The second-order valence-electron chi connectivity index (χ2n) is 6.93. The summed E-state index contributed by atoms with van der Waals surface area (Å²) >= 11 is 0. The van der Waals surface area contributed by atoms with Gasteiger partial charge in [-0.3, -0.25) is 4.68 Å². The Morgan fingerprint density at radius 2 is 2.20 bits per heavy atom. The van der Waals surface area contributed by atoms with Crippen LogP contribution in [-0.4, -0.2) is 36.8 Å². The number of fused-ring (bicyclic) bond motifs is 1. The molecular weight excluding hydrogens is 274 g/mol. The molecule has 1 saturated heterocycles. The standard InChI is InChI=1S/C14H23N3O2S/c1-14(2)6-12(15-3)11-8-16-17(13(11)7-14)10-4-5-20(18,19)9-10/h8,10,12,15H,4-7,9H2,1-3H3. The van der Waals surface area contributed by atoms with Gasteiger partial charge in [0.1, 0.15) is 0 Å².